The van der Waals surface area contributed by atoms with Gasteiger partial charge in [0.1, 0.15) is 0 Å². The fraction of sp³-hybridized carbons (Fsp3) is 0.556. The second kappa shape index (κ2) is 11.7. The average molecular weight is 523 g/mol. The number of benzene rings is 1. The standard InChI is InChI=1S/C18H27BrN4O.HI/c1-3-21-18(22-13-15-4-6-16(19)7-5-15)23-10-8-14(9-11-23)12-17(24)20-2;/h4-7,14H,3,8-13H2,1-2H3,(H,20,24)(H,21,22);1H. The molecule has 0 bridgehead atoms. The first-order valence-corrected chi connectivity index (χ1v) is 9.40. The third-order valence-electron chi connectivity index (χ3n) is 4.33. The number of amides is 1. The molecule has 1 saturated heterocycles. The number of halogens is 2. The molecule has 1 fully saturated rings. The monoisotopic (exact) mass is 522 g/mol. The van der Waals surface area contributed by atoms with Crippen LogP contribution in [0.5, 0.6) is 0 Å². The SMILES string of the molecule is CCNC(=NCc1ccc(Br)cc1)N1CCC(CC(=O)NC)CC1.I. The Morgan fingerprint density at radius 1 is 1.28 bits per heavy atom. The molecular weight excluding hydrogens is 495 g/mol. The Morgan fingerprint density at radius 3 is 2.48 bits per heavy atom. The van der Waals surface area contributed by atoms with E-state index < -0.39 is 0 Å². The zero-order chi connectivity index (χ0) is 17.4. The van der Waals surface area contributed by atoms with Crippen LogP contribution < -0.4 is 10.6 Å². The van der Waals surface area contributed by atoms with Crippen molar-refractivity contribution in [3.8, 4) is 0 Å². The van der Waals surface area contributed by atoms with Gasteiger partial charge in [-0.2, -0.15) is 0 Å². The third kappa shape index (κ3) is 7.52. The second-order valence-corrected chi connectivity index (χ2v) is 7.02. The summed E-state index contributed by atoms with van der Waals surface area (Å²) in [4.78, 5) is 18.6. The van der Waals surface area contributed by atoms with Crippen LogP contribution in [0.1, 0.15) is 31.7 Å². The minimum absolute atomic E-state index is 0. The highest BCUT2D eigenvalue weighted by molar-refractivity contribution is 14.0. The Bertz CT molecular complexity index is 557. The van der Waals surface area contributed by atoms with Crippen molar-refractivity contribution in [2.75, 3.05) is 26.7 Å². The van der Waals surface area contributed by atoms with E-state index in [1.54, 1.807) is 7.05 Å². The van der Waals surface area contributed by atoms with Gasteiger partial charge in [-0.15, -0.1) is 24.0 Å². The summed E-state index contributed by atoms with van der Waals surface area (Å²) in [6, 6.07) is 8.27. The Kier molecular flexibility index (Phi) is 10.4. The van der Waals surface area contributed by atoms with E-state index >= 15 is 0 Å². The fourth-order valence-electron chi connectivity index (χ4n) is 2.89. The van der Waals surface area contributed by atoms with Crippen LogP contribution in [0.4, 0.5) is 0 Å². The predicted octanol–water partition coefficient (Wildman–Crippen LogP) is 3.38. The van der Waals surface area contributed by atoms with Crippen LogP contribution in [0.25, 0.3) is 0 Å². The van der Waals surface area contributed by atoms with Gasteiger partial charge in [-0.25, -0.2) is 4.99 Å². The van der Waals surface area contributed by atoms with E-state index in [0.717, 1.165) is 42.9 Å². The first-order chi connectivity index (χ1) is 11.6. The smallest absolute Gasteiger partial charge is 0.220 e. The summed E-state index contributed by atoms with van der Waals surface area (Å²) in [5, 5.41) is 6.11. The van der Waals surface area contributed by atoms with Crippen LogP contribution in [0, 0.1) is 5.92 Å². The first kappa shape index (κ1) is 22.2. The lowest BCUT2D eigenvalue weighted by Gasteiger charge is -2.34. The van der Waals surface area contributed by atoms with E-state index in [1.165, 1.54) is 5.56 Å². The molecule has 25 heavy (non-hydrogen) atoms. The zero-order valence-corrected chi connectivity index (χ0v) is 18.8. The molecule has 2 N–H and O–H groups in total. The molecule has 140 valence electrons. The highest BCUT2D eigenvalue weighted by atomic mass is 127. The normalized spacial score (nSPS) is 15.5. The van der Waals surface area contributed by atoms with Crippen LogP contribution in [-0.2, 0) is 11.3 Å². The van der Waals surface area contributed by atoms with Crippen LogP contribution in [0.15, 0.2) is 33.7 Å². The van der Waals surface area contributed by atoms with Crippen molar-refractivity contribution >= 4 is 51.8 Å². The van der Waals surface area contributed by atoms with Gasteiger partial charge in [-0.05, 0) is 43.4 Å². The maximum Gasteiger partial charge on any atom is 0.220 e. The molecule has 2 rings (SSSR count). The number of aliphatic imine (C=N–C) groups is 1. The van der Waals surface area contributed by atoms with Gasteiger partial charge in [0, 0.05) is 37.6 Å². The summed E-state index contributed by atoms with van der Waals surface area (Å²) in [6.45, 7) is 5.53. The van der Waals surface area contributed by atoms with Crippen molar-refractivity contribution < 1.29 is 4.79 Å². The molecule has 0 unspecified atom stereocenters. The third-order valence-corrected chi connectivity index (χ3v) is 4.86. The molecule has 1 aliphatic heterocycles. The molecule has 1 amide bonds. The van der Waals surface area contributed by atoms with Crippen LogP contribution >= 0.6 is 39.9 Å². The fourth-order valence-corrected chi connectivity index (χ4v) is 3.16. The van der Waals surface area contributed by atoms with E-state index in [0.29, 0.717) is 18.9 Å². The number of likely N-dealkylation sites (tertiary alicyclic amines) is 1. The maximum absolute atomic E-state index is 11.5. The second-order valence-electron chi connectivity index (χ2n) is 6.10. The number of carbonyl (C=O) groups excluding carboxylic acids is 1. The molecule has 1 heterocycles. The van der Waals surface area contributed by atoms with Gasteiger partial charge in [-0.3, -0.25) is 4.79 Å². The maximum atomic E-state index is 11.5. The van der Waals surface area contributed by atoms with E-state index in [4.69, 9.17) is 4.99 Å². The number of rotatable bonds is 5. The van der Waals surface area contributed by atoms with E-state index in [-0.39, 0.29) is 29.9 Å². The summed E-state index contributed by atoms with van der Waals surface area (Å²) in [5.41, 5.74) is 1.20. The number of piperidine rings is 1. The molecule has 0 aliphatic carbocycles. The minimum Gasteiger partial charge on any atom is -0.359 e. The summed E-state index contributed by atoms with van der Waals surface area (Å²) < 4.78 is 1.08. The topological polar surface area (TPSA) is 56.7 Å². The molecule has 7 heteroatoms. The van der Waals surface area contributed by atoms with E-state index in [9.17, 15) is 4.79 Å². The number of carbonyl (C=O) groups is 1. The number of hydrogen-bond acceptors (Lipinski definition) is 2. The first-order valence-electron chi connectivity index (χ1n) is 8.60. The summed E-state index contributed by atoms with van der Waals surface area (Å²) in [7, 11) is 1.70. The van der Waals surface area contributed by atoms with E-state index in [2.05, 4.69) is 50.5 Å². The molecule has 0 atom stereocenters. The van der Waals surface area contributed by atoms with Crippen molar-refractivity contribution in [1.29, 1.82) is 0 Å². The van der Waals surface area contributed by atoms with Crippen LogP contribution in [-0.4, -0.2) is 43.4 Å². The quantitative estimate of drug-likeness (QED) is 0.354. The number of guanidine groups is 1. The van der Waals surface area contributed by atoms with Crippen molar-refractivity contribution in [3.63, 3.8) is 0 Å². The van der Waals surface area contributed by atoms with Gasteiger partial charge in [0.25, 0.3) is 0 Å². The predicted molar refractivity (Wildman–Crippen MR) is 117 cm³/mol. The van der Waals surface area contributed by atoms with Crippen molar-refractivity contribution in [2.24, 2.45) is 10.9 Å². The minimum atomic E-state index is 0. The molecule has 0 saturated carbocycles. The molecular formula is C18H28BrIN4O. The summed E-state index contributed by atoms with van der Waals surface area (Å²) >= 11 is 3.46. The summed E-state index contributed by atoms with van der Waals surface area (Å²) in [5.74, 6) is 1.60. The van der Waals surface area contributed by atoms with E-state index in [1.807, 2.05) is 12.1 Å². The average Bonchev–Trinajstić information content (AvgIpc) is 2.60. The lowest BCUT2D eigenvalue weighted by molar-refractivity contribution is -0.121. The van der Waals surface area contributed by atoms with Crippen LogP contribution in [0.2, 0.25) is 0 Å². The summed E-state index contributed by atoms with van der Waals surface area (Å²) in [6.07, 6.45) is 2.71. The Balaban J connectivity index is 0.00000312. The molecule has 1 aliphatic rings. The van der Waals surface area contributed by atoms with Crippen molar-refractivity contribution in [3.05, 3.63) is 34.3 Å². The van der Waals surface area contributed by atoms with Gasteiger partial charge in [0.2, 0.25) is 5.91 Å². The van der Waals surface area contributed by atoms with Gasteiger partial charge in [-0.1, -0.05) is 28.1 Å². The number of hydrogen-bond donors (Lipinski definition) is 2. The van der Waals surface area contributed by atoms with Gasteiger partial charge in [0.05, 0.1) is 6.54 Å². The van der Waals surface area contributed by atoms with Crippen molar-refractivity contribution in [1.82, 2.24) is 15.5 Å². The Hall–Kier alpha value is -0.830. The number of nitrogens with one attached hydrogen (secondary N) is 2. The molecule has 0 aromatic heterocycles. The molecule has 0 spiro atoms. The van der Waals surface area contributed by atoms with Gasteiger partial charge >= 0.3 is 0 Å². The zero-order valence-electron chi connectivity index (χ0n) is 14.9. The molecule has 1 aromatic carbocycles. The number of nitrogens with zero attached hydrogens (tertiary/aromatic N) is 2. The Labute approximate surface area is 176 Å². The molecule has 1 aromatic rings. The molecule has 0 radical (unpaired) electrons. The Morgan fingerprint density at radius 2 is 1.92 bits per heavy atom. The molecule has 5 nitrogen and oxygen atoms in total. The largest absolute Gasteiger partial charge is 0.359 e. The van der Waals surface area contributed by atoms with Gasteiger partial charge < -0.3 is 15.5 Å². The lowest BCUT2D eigenvalue weighted by Crippen LogP contribution is -2.46. The van der Waals surface area contributed by atoms with Gasteiger partial charge in [0.15, 0.2) is 5.96 Å². The lowest BCUT2D eigenvalue weighted by atomic mass is 9.93. The van der Waals surface area contributed by atoms with Crippen molar-refractivity contribution in [2.45, 2.75) is 32.7 Å². The highest BCUT2D eigenvalue weighted by Gasteiger charge is 2.22. The highest BCUT2D eigenvalue weighted by Crippen LogP contribution is 2.20. The van der Waals surface area contributed by atoms with Crippen LogP contribution in [0.3, 0.4) is 0 Å².